The molecule has 0 saturated heterocycles. The molecule has 0 spiro atoms. The Morgan fingerprint density at radius 1 is 1.29 bits per heavy atom. The van der Waals surface area contributed by atoms with Crippen LogP contribution in [0.25, 0.3) is 10.4 Å². The monoisotopic (exact) mass is 269 g/mol. The fraction of sp³-hybridized carbons (Fsp3) is 0.231. The van der Waals surface area contributed by atoms with E-state index in [-0.39, 0.29) is 5.82 Å². The molecule has 1 heterocycles. The van der Waals surface area contributed by atoms with Crippen LogP contribution in [0, 0.1) is 5.82 Å². The van der Waals surface area contributed by atoms with E-state index in [4.69, 9.17) is 11.6 Å². The van der Waals surface area contributed by atoms with Crippen LogP contribution < -0.4 is 5.32 Å². The highest BCUT2D eigenvalue weighted by molar-refractivity contribution is 7.19. The molecular weight excluding hydrogens is 257 g/mol. The maximum absolute atomic E-state index is 13.2. The number of thiophene rings is 1. The van der Waals surface area contributed by atoms with Crippen molar-refractivity contribution in [3.8, 4) is 10.4 Å². The molecule has 1 aromatic heterocycles. The van der Waals surface area contributed by atoms with Crippen LogP contribution in [0.2, 0.25) is 4.34 Å². The van der Waals surface area contributed by atoms with Crippen molar-refractivity contribution in [3.63, 3.8) is 0 Å². The van der Waals surface area contributed by atoms with E-state index in [2.05, 4.69) is 5.32 Å². The van der Waals surface area contributed by atoms with E-state index in [0.29, 0.717) is 6.54 Å². The van der Waals surface area contributed by atoms with Gasteiger partial charge in [0.25, 0.3) is 0 Å². The van der Waals surface area contributed by atoms with Crippen molar-refractivity contribution < 1.29 is 4.39 Å². The first-order valence-corrected chi connectivity index (χ1v) is 6.65. The number of benzene rings is 1. The summed E-state index contributed by atoms with van der Waals surface area (Å²) in [4.78, 5) is 1.07. The van der Waals surface area contributed by atoms with Crippen LogP contribution in [0.3, 0.4) is 0 Å². The first-order valence-electron chi connectivity index (χ1n) is 5.45. The van der Waals surface area contributed by atoms with Gasteiger partial charge >= 0.3 is 0 Å². The van der Waals surface area contributed by atoms with Crippen LogP contribution in [-0.4, -0.2) is 6.54 Å². The highest BCUT2D eigenvalue weighted by Gasteiger charge is 2.08. The standard InChI is InChI=1S/C13H13ClFNS/c1-2-16-8-9-7-10(15)3-4-11(9)12-5-6-13(14)17-12/h3-7,16H,2,8H2,1H3. The van der Waals surface area contributed by atoms with Crippen LogP contribution in [0.5, 0.6) is 0 Å². The van der Waals surface area contributed by atoms with E-state index in [0.717, 1.165) is 26.9 Å². The molecule has 0 atom stereocenters. The molecule has 2 aromatic rings. The number of nitrogens with one attached hydrogen (secondary N) is 1. The van der Waals surface area contributed by atoms with Crippen LogP contribution in [0.15, 0.2) is 30.3 Å². The summed E-state index contributed by atoms with van der Waals surface area (Å²) in [7, 11) is 0. The minimum Gasteiger partial charge on any atom is -0.313 e. The predicted octanol–water partition coefficient (Wildman–Crippen LogP) is 4.32. The Labute approximate surface area is 109 Å². The Hall–Kier alpha value is -0.900. The van der Waals surface area contributed by atoms with Gasteiger partial charge in [-0.15, -0.1) is 11.3 Å². The number of halogens is 2. The first kappa shape index (κ1) is 12.6. The predicted molar refractivity (Wildman–Crippen MR) is 72.1 cm³/mol. The SMILES string of the molecule is CCNCc1cc(F)ccc1-c1ccc(Cl)s1. The molecule has 0 unspecified atom stereocenters. The molecule has 90 valence electrons. The van der Waals surface area contributed by atoms with Gasteiger partial charge in [0.15, 0.2) is 0 Å². The minimum absolute atomic E-state index is 0.204. The van der Waals surface area contributed by atoms with E-state index in [9.17, 15) is 4.39 Å². The molecule has 17 heavy (non-hydrogen) atoms. The fourth-order valence-electron chi connectivity index (χ4n) is 1.67. The van der Waals surface area contributed by atoms with Crippen molar-refractivity contribution in [1.29, 1.82) is 0 Å². The van der Waals surface area contributed by atoms with Crippen molar-refractivity contribution in [2.75, 3.05) is 6.54 Å². The van der Waals surface area contributed by atoms with Gasteiger partial charge in [0.1, 0.15) is 5.82 Å². The Morgan fingerprint density at radius 3 is 2.76 bits per heavy atom. The highest BCUT2D eigenvalue weighted by Crippen LogP contribution is 2.33. The Bertz CT molecular complexity index is 510. The van der Waals surface area contributed by atoms with Gasteiger partial charge in [0.05, 0.1) is 4.34 Å². The molecule has 0 fully saturated rings. The highest BCUT2D eigenvalue weighted by atomic mass is 35.5. The van der Waals surface area contributed by atoms with Crippen molar-refractivity contribution in [2.45, 2.75) is 13.5 Å². The maximum Gasteiger partial charge on any atom is 0.123 e. The van der Waals surface area contributed by atoms with Crippen molar-refractivity contribution >= 4 is 22.9 Å². The molecule has 0 aliphatic heterocycles. The van der Waals surface area contributed by atoms with Gasteiger partial charge in [-0.05, 0) is 41.9 Å². The summed E-state index contributed by atoms with van der Waals surface area (Å²) >= 11 is 7.44. The van der Waals surface area contributed by atoms with Gasteiger partial charge in [-0.1, -0.05) is 24.6 Å². The summed E-state index contributed by atoms with van der Waals surface area (Å²) in [5.74, 6) is -0.204. The second kappa shape index (κ2) is 5.63. The molecule has 4 heteroatoms. The third-order valence-corrected chi connectivity index (χ3v) is 3.74. The lowest BCUT2D eigenvalue weighted by atomic mass is 10.1. The van der Waals surface area contributed by atoms with Gasteiger partial charge in [-0.3, -0.25) is 0 Å². The molecule has 0 bridgehead atoms. The van der Waals surface area contributed by atoms with Gasteiger partial charge < -0.3 is 5.32 Å². The molecule has 2 rings (SSSR count). The largest absolute Gasteiger partial charge is 0.313 e. The van der Waals surface area contributed by atoms with Crippen molar-refractivity contribution in [1.82, 2.24) is 5.32 Å². The molecule has 1 N–H and O–H groups in total. The lowest BCUT2D eigenvalue weighted by Gasteiger charge is -2.08. The summed E-state index contributed by atoms with van der Waals surface area (Å²) in [6.45, 7) is 3.56. The molecule has 0 amide bonds. The zero-order chi connectivity index (χ0) is 12.3. The second-order valence-corrected chi connectivity index (χ2v) is 5.40. The zero-order valence-corrected chi connectivity index (χ0v) is 11.0. The third kappa shape index (κ3) is 3.06. The number of rotatable bonds is 4. The molecule has 0 aliphatic carbocycles. The second-order valence-electron chi connectivity index (χ2n) is 3.69. The van der Waals surface area contributed by atoms with Crippen molar-refractivity contribution in [2.24, 2.45) is 0 Å². The molecule has 0 saturated carbocycles. The normalized spacial score (nSPS) is 10.8. The van der Waals surface area contributed by atoms with Gasteiger partial charge in [-0.25, -0.2) is 4.39 Å². The average Bonchev–Trinajstić information content (AvgIpc) is 2.73. The summed E-state index contributed by atoms with van der Waals surface area (Å²) in [6.07, 6.45) is 0. The summed E-state index contributed by atoms with van der Waals surface area (Å²) in [6, 6.07) is 8.70. The van der Waals surface area contributed by atoms with Gasteiger partial charge in [0, 0.05) is 11.4 Å². The van der Waals surface area contributed by atoms with E-state index in [1.54, 1.807) is 6.07 Å². The smallest absolute Gasteiger partial charge is 0.123 e. The van der Waals surface area contributed by atoms with Crippen LogP contribution in [-0.2, 0) is 6.54 Å². The molecule has 0 aliphatic rings. The molecule has 1 aromatic carbocycles. The lowest BCUT2D eigenvalue weighted by molar-refractivity contribution is 0.622. The van der Waals surface area contributed by atoms with Crippen LogP contribution in [0.1, 0.15) is 12.5 Å². The summed E-state index contributed by atoms with van der Waals surface area (Å²) < 4.78 is 14.0. The third-order valence-electron chi connectivity index (χ3n) is 2.47. The summed E-state index contributed by atoms with van der Waals surface area (Å²) in [5.41, 5.74) is 2.01. The van der Waals surface area contributed by atoms with E-state index in [1.807, 2.05) is 25.1 Å². The summed E-state index contributed by atoms with van der Waals surface area (Å²) in [5, 5.41) is 3.21. The van der Waals surface area contributed by atoms with Crippen LogP contribution in [0.4, 0.5) is 4.39 Å². The minimum atomic E-state index is -0.204. The first-order chi connectivity index (χ1) is 8.20. The zero-order valence-electron chi connectivity index (χ0n) is 9.47. The van der Waals surface area contributed by atoms with E-state index >= 15 is 0 Å². The fourth-order valence-corrected chi connectivity index (χ4v) is 2.77. The van der Waals surface area contributed by atoms with E-state index < -0.39 is 0 Å². The maximum atomic E-state index is 13.2. The van der Waals surface area contributed by atoms with Crippen molar-refractivity contribution in [3.05, 3.63) is 46.0 Å². The molecule has 1 nitrogen and oxygen atoms in total. The van der Waals surface area contributed by atoms with Crippen LogP contribution >= 0.6 is 22.9 Å². The van der Waals surface area contributed by atoms with E-state index in [1.165, 1.54) is 17.4 Å². The lowest BCUT2D eigenvalue weighted by Crippen LogP contribution is -2.12. The van der Waals surface area contributed by atoms with Gasteiger partial charge in [0.2, 0.25) is 0 Å². The Balaban J connectivity index is 2.38. The Kier molecular flexibility index (Phi) is 4.15. The average molecular weight is 270 g/mol. The molecular formula is C13H13ClFNS. The number of hydrogen-bond donors (Lipinski definition) is 1. The molecule has 0 radical (unpaired) electrons. The Morgan fingerprint density at radius 2 is 2.12 bits per heavy atom. The van der Waals surface area contributed by atoms with Gasteiger partial charge in [-0.2, -0.15) is 0 Å². The quantitative estimate of drug-likeness (QED) is 0.872. The topological polar surface area (TPSA) is 12.0 Å². The number of hydrogen-bond acceptors (Lipinski definition) is 2.